The number of fused-ring (bicyclic) bond motifs is 3. The molecule has 0 heterocycles. The van der Waals surface area contributed by atoms with Gasteiger partial charge in [0.25, 0.3) is 5.91 Å². The molecule has 0 bridgehead atoms. The van der Waals surface area contributed by atoms with E-state index >= 15 is 0 Å². The van der Waals surface area contributed by atoms with Gasteiger partial charge in [-0.2, -0.15) is 0 Å². The molecule has 3 aliphatic carbocycles. The molecule has 15 heteroatoms. The fourth-order valence-electron chi connectivity index (χ4n) is 6.80. The Kier molecular flexibility index (Phi) is 11.0. The van der Waals surface area contributed by atoms with E-state index in [4.69, 9.17) is 10.8 Å². The predicted molar refractivity (Wildman–Crippen MR) is 171 cm³/mol. The summed E-state index contributed by atoms with van der Waals surface area (Å²) in [6, 6.07) is 7.78. The summed E-state index contributed by atoms with van der Waals surface area (Å²) in [4.78, 5) is 39.8. The number of nitrogens with one attached hydrogen (secondary N) is 1. The molecule has 2 aromatic carbocycles. The molecule has 5 rings (SSSR count). The highest BCUT2D eigenvalue weighted by Crippen LogP contribution is 2.55. The number of rotatable bonds is 6. The number of carbonyl (C=O) groups is 3. The molecule has 13 N–H and O–H groups in total. The highest BCUT2D eigenvalue weighted by Gasteiger charge is 2.67. The van der Waals surface area contributed by atoms with Gasteiger partial charge in [-0.1, -0.05) is 39.0 Å². The van der Waals surface area contributed by atoms with E-state index in [-0.39, 0.29) is 28.3 Å². The number of benzene rings is 2. The first-order chi connectivity index (χ1) is 21.9. The summed E-state index contributed by atoms with van der Waals surface area (Å²) in [7, 11) is 2.98. The van der Waals surface area contributed by atoms with Crippen LogP contribution >= 0.6 is 0 Å². The number of hydrogen-bond donors (Lipinski definition) is 10. The molecular formula is C33H43N3O12. The number of phenolic OH excluding ortho intramolecular Hbond substituents is 3. The Labute approximate surface area is 276 Å². The molecule has 3 aliphatic rings. The number of aliphatic hydroxyl groups excluding tert-OH is 4. The number of amides is 1. The van der Waals surface area contributed by atoms with Gasteiger partial charge in [0.15, 0.2) is 22.9 Å². The number of nitrogens with zero attached hydrogens (tertiary/aromatic N) is 1. The fourth-order valence-corrected chi connectivity index (χ4v) is 6.80. The average Bonchev–Trinajstić information content (AvgIpc) is 2.99. The minimum absolute atomic E-state index is 0. The van der Waals surface area contributed by atoms with Gasteiger partial charge < -0.3 is 57.4 Å². The van der Waals surface area contributed by atoms with Crippen LogP contribution in [0.1, 0.15) is 54.3 Å². The van der Waals surface area contributed by atoms with E-state index in [0.717, 1.165) is 0 Å². The lowest BCUT2D eigenvalue weighted by Gasteiger charge is -2.53. The molecule has 0 saturated heterocycles. The Bertz CT molecular complexity index is 1670. The van der Waals surface area contributed by atoms with Crippen LogP contribution in [0.3, 0.4) is 0 Å². The number of aromatic hydroxyl groups is 3. The zero-order valence-electron chi connectivity index (χ0n) is 27.0. The molecule has 7 atom stereocenters. The molecule has 2 aromatic rings. The summed E-state index contributed by atoms with van der Waals surface area (Å²) in [5, 5.41) is 86.2. The zero-order chi connectivity index (χ0) is 35.3. The summed E-state index contributed by atoms with van der Waals surface area (Å²) in [6.07, 6.45) is -2.27. The van der Waals surface area contributed by atoms with Gasteiger partial charge in [0, 0.05) is 24.1 Å². The zero-order valence-corrected chi connectivity index (χ0v) is 27.0. The summed E-state index contributed by atoms with van der Waals surface area (Å²) in [6.45, 7) is 6.07. The lowest BCUT2D eigenvalue weighted by atomic mass is 9.55. The molecule has 0 aromatic heterocycles. The molecular weight excluding hydrogens is 630 g/mol. The maximum Gasteiger partial charge on any atom is 0.255 e. The first-order valence-corrected chi connectivity index (χ1v) is 15.0. The van der Waals surface area contributed by atoms with Crippen molar-refractivity contribution in [2.45, 2.75) is 56.6 Å². The molecule has 0 spiro atoms. The highest BCUT2D eigenvalue weighted by atomic mass is 16.4. The fraction of sp³-hybridized carbons (Fsp3) is 0.424. The Hall–Kier alpha value is -4.51. The van der Waals surface area contributed by atoms with Crippen molar-refractivity contribution in [2.75, 3.05) is 20.6 Å². The number of Topliss-reactive ketones (excluding diaryl/α,β-unsaturated/α-hetero) is 2. The summed E-state index contributed by atoms with van der Waals surface area (Å²) >= 11 is 0. The number of hydrogen-bond acceptors (Lipinski definition) is 13. The van der Waals surface area contributed by atoms with Gasteiger partial charge in [0.1, 0.15) is 22.8 Å². The van der Waals surface area contributed by atoms with Gasteiger partial charge in [-0.15, -0.1) is 0 Å². The number of phenols is 3. The molecule has 1 amide bonds. The predicted octanol–water partition coefficient (Wildman–Crippen LogP) is -0.0431. The lowest BCUT2D eigenvalue weighted by Crippen LogP contribution is -2.68. The lowest BCUT2D eigenvalue weighted by molar-refractivity contribution is -0.162. The molecule has 0 saturated carbocycles. The average molecular weight is 674 g/mol. The summed E-state index contributed by atoms with van der Waals surface area (Å²) < 4.78 is 0. The number of nitrogens with two attached hydrogens (primary N) is 1. The Morgan fingerprint density at radius 2 is 1.65 bits per heavy atom. The molecule has 262 valence electrons. The van der Waals surface area contributed by atoms with E-state index in [1.807, 2.05) is 13.8 Å². The second kappa shape index (κ2) is 13.9. The van der Waals surface area contributed by atoms with E-state index in [1.54, 1.807) is 25.1 Å². The first kappa shape index (κ1) is 37.9. The van der Waals surface area contributed by atoms with Crippen LogP contribution in [-0.2, 0) is 9.59 Å². The topological polar surface area (TPSA) is 286 Å². The normalized spacial score (nSPS) is 27.0. The summed E-state index contributed by atoms with van der Waals surface area (Å²) in [5.41, 5.74) is 1.94. The maximum atomic E-state index is 13.3. The Balaban J connectivity index is 0.000000330. The van der Waals surface area contributed by atoms with Crippen molar-refractivity contribution in [3.05, 3.63) is 75.8 Å². The minimum Gasteiger partial charge on any atom is -0.510 e. The van der Waals surface area contributed by atoms with Crippen LogP contribution in [0.5, 0.6) is 17.2 Å². The first-order valence-electron chi connectivity index (χ1n) is 15.0. The van der Waals surface area contributed by atoms with E-state index in [0.29, 0.717) is 23.7 Å². The van der Waals surface area contributed by atoms with Crippen molar-refractivity contribution < 1.29 is 60.7 Å². The summed E-state index contributed by atoms with van der Waals surface area (Å²) in [5.74, 6) is -9.25. The van der Waals surface area contributed by atoms with E-state index in [9.17, 15) is 50.1 Å². The molecule has 48 heavy (non-hydrogen) atoms. The van der Waals surface area contributed by atoms with Gasteiger partial charge >= 0.3 is 0 Å². The van der Waals surface area contributed by atoms with Gasteiger partial charge in [0.2, 0.25) is 5.78 Å². The second-order valence-corrected chi connectivity index (χ2v) is 12.6. The van der Waals surface area contributed by atoms with Gasteiger partial charge in [-0.3, -0.25) is 19.3 Å². The van der Waals surface area contributed by atoms with Crippen LogP contribution in [0.2, 0.25) is 0 Å². The number of primary amides is 1. The van der Waals surface area contributed by atoms with Crippen LogP contribution < -0.4 is 11.1 Å². The van der Waals surface area contributed by atoms with Gasteiger partial charge in [-0.25, -0.2) is 0 Å². The van der Waals surface area contributed by atoms with Crippen molar-refractivity contribution in [1.29, 1.82) is 0 Å². The van der Waals surface area contributed by atoms with Crippen LogP contribution in [0, 0.1) is 11.8 Å². The third-order valence-corrected chi connectivity index (χ3v) is 9.10. The molecule has 1 unspecified atom stereocenters. The van der Waals surface area contributed by atoms with Gasteiger partial charge in [-0.05, 0) is 49.3 Å². The molecule has 0 aliphatic heterocycles. The second-order valence-electron chi connectivity index (χ2n) is 12.6. The standard InChI is InChI=1S/C22H24N2O8.C11H17NO3.H2O/c1-7-8-5-4-6-9(25)11(8)16(26)12-10(7)17(27)14-15(24(2)3)18(28)13(21(23)31)20(30)22(14,32)19(12)29;1-7(2)12-6-11(15)8-3-4-9(13)10(14)5-8;/h4-7,10,14-15,17,25,27-29,32H,1-3H3,(H2,23,31);3-5,7,11-15H,6H2,1-2H3;1H2/t7-,10+,14+,15-,17-,22-;;/m0../s1. The molecule has 0 fully saturated rings. The van der Waals surface area contributed by atoms with Gasteiger partial charge in [0.05, 0.1) is 29.7 Å². The van der Waals surface area contributed by atoms with Crippen molar-refractivity contribution in [3.63, 3.8) is 0 Å². The third kappa shape index (κ3) is 6.11. The highest BCUT2D eigenvalue weighted by molar-refractivity contribution is 6.25. The molecule has 15 nitrogen and oxygen atoms in total. The number of likely N-dealkylation sites (N-methyl/N-ethyl adjacent to an activating group) is 1. The van der Waals surface area contributed by atoms with Crippen LogP contribution in [-0.4, -0.2) is 113 Å². The van der Waals surface area contributed by atoms with Crippen LogP contribution in [0.25, 0.3) is 0 Å². The number of carbonyl (C=O) groups excluding carboxylic acids is 3. The van der Waals surface area contributed by atoms with E-state index < -0.39 is 81.7 Å². The molecule has 0 radical (unpaired) electrons. The monoisotopic (exact) mass is 673 g/mol. The van der Waals surface area contributed by atoms with E-state index in [2.05, 4.69) is 5.32 Å². The number of ketones is 2. The Morgan fingerprint density at radius 1 is 1.02 bits per heavy atom. The number of aliphatic hydroxyl groups is 5. The van der Waals surface area contributed by atoms with Crippen molar-refractivity contribution >= 4 is 17.5 Å². The van der Waals surface area contributed by atoms with Crippen molar-refractivity contribution in [3.8, 4) is 17.2 Å². The van der Waals surface area contributed by atoms with Crippen LogP contribution in [0.4, 0.5) is 0 Å². The van der Waals surface area contributed by atoms with Crippen molar-refractivity contribution in [1.82, 2.24) is 10.2 Å². The van der Waals surface area contributed by atoms with E-state index in [1.165, 1.54) is 37.2 Å². The Morgan fingerprint density at radius 3 is 2.19 bits per heavy atom. The largest absolute Gasteiger partial charge is 0.510 e. The van der Waals surface area contributed by atoms with Crippen LogP contribution in [0.15, 0.2) is 59.1 Å². The maximum absolute atomic E-state index is 13.3. The minimum atomic E-state index is -2.89. The SMILES string of the molecule is CC(C)NCC(O)c1ccc(O)c(O)c1.C[C@H]1c2cccc(O)c2C(=O)C2=C(O)[C@]3(O)C(=O)C(C(N)=O)=C(O)[C@@H](N(C)C)[C@@H]3[C@@H](O)[C@@H]21.O. The third-order valence-electron chi connectivity index (χ3n) is 9.10. The van der Waals surface area contributed by atoms with Crippen molar-refractivity contribution in [2.24, 2.45) is 17.6 Å². The smallest absolute Gasteiger partial charge is 0.255 e. The quantitative estimate of drug-likeness (QED) is 0.142.